The van der Waals surface area contributed by atoms with E-state index in [4.69, 9.17) is 19.3 Å². The van der Waals surface area contributed by atoms with Crippen LogP contribution in [0.25, 0.3) is 0 Å². The summed E-state index contributed by atoms with van der Waals surface area (Å²) >= 11 is 0. The minimum Gasteiger partial charge on any atom is -0.394 e. The summed E-state index contributed by atoms with van der Waals surface area (Å²) in [7, 11) is 0. The maximum Gasteiger partial charge on any atom is 0.189 e. The van der Waals surface area contributed by atoms with Crippen molar-refractivity contribution in [3.63, 3.8) is 0 Å². The van der Waals surface area contributed by atoms with Gasteiger partial charge in [-0.2, -0.15) is 0 Å². The average molecular weight is 282 g/mol. The first-order valence-corrected chi connectivity index (χ1v) is 5.89. The number of rotatable bonds is 3. The molecule has 19 heavy (non-hydrogen) atoms. The van der Waals surface area contributed by atoms with E-state index in [0.29, 0.717) is 0 Å². The molecule has 6 N–H and O–H groups in total. The maximum atomic E-state index is 9.63. The largest absolute Gasteiger partial charge is 0.394 e. The second kappa shape index (κ2) is 5.95. The zero-order valence-corrected chi connectivity index (χ0v) is 9.94. The zero-order valence-electron chi connectivity index (χ0n) is 9.94. The van der Waals surface area contributed by atoms with E-state index in [2.05, 4.69) is 0 Å². The Morgan fingerprint density at radius 1 is 0.895 bits per heavy atom. The molecule has 2 unspecified atom stereocenters. The molecular weight excluding hydrogens is 264 g/mol. The van der Waals surface area contributed by atoms with Crippen LogP contribution < -0.4 is 0 Å². The lowest BCUT2D eigenvalue weighted by Gasteiger charge is -2.36. The van der Waals surface area contributed by atoms with Gasteiger partial charge in [-0.15, -0.1) is 0 Å². The van der Waals surface area contributed by atoms with Crippen LogP contribution in [0.4, 0.5) is 0 Å². The first kappa shape index (κ1) is 15.0. The van der Waals surface area contributed by atoms with Crippen LogP contribution in [0.3, 0.4) is 0 Å². The fraction of sp³-hybridized carbons (Fsp3) is 1.00. The van der Waals surface area contributed by atoms with Crippen LogP contribution >= 0.6 is 0 Å². The van der Waals surface area contributed by atoms with Gasteiger partial charge in [-0.25, -0.2) is 0 Å². The molecule has 0 radical (unpaired) electrons. The Hall–Kier alpha value is -0.360. The molecule has 0 aromatic rings. The molecule has 0 aromatic carbocycles. The lowest BCUT2D eigenvalue weighted by Crippen LogP contribution is -2.55. The summed E-state index contributed by atoms with van der Waals surface area (Å²) in [5.41, 5.74) is 0. The standard InChI is InChI=1S/C10H18O9/c11-1-4-6(14)8(16)10(18-4)19-9-7(15)5(13)3(12)2-17-9/h3-16H,1-2H2/t3-,4-,5+,6-,7-,8+,9?,10?/m1/s1. The van der Waals surface area contributed by atoms with Gasteiger partial charge in [0.2, 0.25) is 0 Å². The number of aliphatic hydroxyl groups excluding tert-OH is 6. The smallest absolute Gasteiger partial charge is 0.189 e. The van der Waals surface area contributed by atoms with E-state index < -0.39 is 55.8 Å². The van der Waals surface area contributed by atoms with Gasteiger partial charge < -0.3 is 44.8 Å². The molecule has 0 bridgehead atoms. The normalized spacial score (nSPS) is 51.5. The Kier molecular flexibility index (Phi) is 4.71. The van der Waals surface area contributed by atoms with Crippen molar-refractivity contribution in [2.75, 3.05) is 13.2 Å². The van der Waals surface area contributed by atoms with Crippen LogP contribution in [-0.4, -0.2) is 93.1 Å². The van der Waals surface area contributed by atoms with Gasteiger partial charge in [0.15, 0.2) is 12.6 Å². The van der Waals surface area contributed by atoms with E-state index in [1.807, 2.05) is 0 Å². The highest BCUT2D eigenvalue weighted by Crippen LogP contribution is 2.26. The molecule has 112 valence electrons. The Labute approximate surface area is 108 Å². The molecule has 2 saturated heterocycles. The maximum absolute atomic E-state index is 9.63. The highest BCUT2D eigenvalue weighted by Gasteiger charge is 2.47. The molecule has 9 nitrogen and oxygen atoms in total. The number of hydrogen-bond acceptors (Lipinski definition) is 9. The summed E-state index contributed by atoms with van der Waals surface area (Å²) in [6.07, 6.45) is -10.6. The second-order valence-corrected chi connectivity index (χ2v) is 4.59. The summed E-state index contributed by atoms with van der Waals surface area (Å²) in [5.74, 6) is 0. The van der Waals surface area contributed by atoms with Gasteiger partial charge in [0, 0.05) is 0 Å². The average Bonchev–Trinajstić information content (AvgIpc) is 2.67. The molecule has 2 aliphatic rings. The van der Waals surface area contributed by atoms with E-state index >= 15 is 0 Å². The van der Waals surface area contributed by atoms with Crippen LogP contribution in [0.2, 0.25) is 0 Å². The summed E-state index contributed by atoms with van der Waals surface area (Å²) in [6.45, 7) is -0.759. The van der Waals surface area contributed by atoms with Crippen LogP contribution in [0.15, 0.2) is 0 Å². The van der Waals surface area contributed by atoms with Crippen molar-refractivity contribution in [3.05, 3.63) is 0 Å². The Morgan fingerprint density at radius 3 is 2.11 bits per heavy atom. The molecule has 2 heterocycles. The quantitative estimate of drug-likeness (QED) is 0.303. The molecule has 0 aromatic heterocycles. The van der Waals surface area contributed by atoms with E-state index in [-0.39, 0.29) is 6.61 Å². The summed E-state index contributed by atoms with van der Waals surface area (Å²) in [5, 5.41) is 56.4. The predicted molar refractivity (Wildman–Crippen MR) is 56.6 cm³/mol. The molecule has 9 heteroatoms. The molecule has 2 aliphatic heterocycles. The summed E-state index contributed by atoms with van der Waals surface area (Å²) in [4.78, 5) is 0. The molecular formula is C10H18O9. The number of aliphatic hydroxyl groups is 6. The number of hydrogen-bond donors (Lipinski definition) is 6. The fourth-order valence-corrected chi connectivity index (χ4v) is 2.01. The second-order valence-electron chi connectivity index (χ2n) is 4.59. The number of ether oxygens (including phenoxy) is 3. The van der Waals surface area contributed by atoms with Gasteiger partial charge in [-0.05, 0) is 0 Å². The summed E-state index contributed by atoms with van der Waals surface area (Å²) < 4.78 is 15.1. The first-order chi connectivity index (χ1) is 8.95. The van der Waals surface area contributed by atoms with Gasteiger partial charge in [-0.1, -0.05) is 0 Å². The van der Waals surface area contributed by atoms with Gasteiger partial charge in [-0.3, -0.25) is 0 Å². The lowest BCUT2D eigenvalue weighted by atomic mass is 10.1. The third-order valence-electron chi connectivity index (χ3n) is 3.22. The summed E-state index contributed by atoms with van der Waals surface area (Å²) in [6, 6.07) is 0. The Balaban J connectivity index is 1.94. The van der Waals surface area contributed by atoms with Gasteiger partial charge in [0.25, 0.3) is 0 Å². The van der Waals surface area contributed by atoms with Crippen molar-refractivity contribution in [3.8, 4) is 0 Å². The highest BCUT2D eigenvalue weighted by atomic mass is 16.8. The van der Waals surface area contributed by atoms with Gasteiger partial charge in [0.05, 0.1) is 13.2 Å². The zero-order chi connectivity index (χ0) is 14.2. The SMILES string of the molecule is OC[C@H]1OC(OC2OC[C@@H](O)[C@H](O)[C@H]2O)[C@@H](O)[C@@H]1O. The molecule has 8 atom stereocenters. The van der Waals surface area contributed by atoms with Gasteiger partial charge >= 0.3 is 0 Å². The van der Waals surface area contributed by atoms with Crippen molar-refractivity contribution in [1.82, 2.24) is 0 Å². The molecule has 2 rings (SSSR count). The monoisotopic (exact) mass is 282 g/mol. The molecule has 2 fully saturated rings. The van der Waals surface area contributed by atoms with Crippen molar-refractivity contribution in [2.45, 2.75) is 49.2 Å². The van der Waals surface area contributed by atoms with Crippen LogP contribution in [0, 0.1) is 0 Å². The molecule has 0 spiro atoms. The van der Waals surface area contributed by atoms with Crippen LogP contribution in [0.5, 0.6) is 0 Å². The third kappa shape index (κ3) is 2.89. The fourth-order valence-electron chi connectivity index (χ4n) is 2.01. The minimum absolute atomic E-state index is 0.252. The van der Waals surface area contributed by atoms with E-state index in [1.165, 1.54) is 0 Å². The molecule has 0 amide bonds. The van der Waals surface area contributed by atoms with E-state index in [0.717, 1.165) is 0 Å². The van der Waals surface area contributed by atoms with Crippen LogP contribution in [0.1, 0.15) is 0 Å². The predicted octanol–water partition coefficient (Wildman–Crippen LogP) is -4.12. The van der Waals surface area contributed by atoms with Crippen molar-refractivity contribution in [1.29, 1.82) is 0 Å². The van der Waals surface area contributed by atoms with E-state index in [9.17, 15) is 25.5 Å². The Morgan fingerprint density at radius 2 is 1.53 bits per heavy atom. The van der Waals surface area contributed by atoms with Crippen LogP contribution in [-0.2, 0) is 14.2 Å². The highest BCUT2D eigenvalue weighted by molar-refractivity contribution is 4.88. The minimum atomic E-state index is -1.52. The Bertz CT molecular complexity index is 301. The van der Waals surface area contributed by atoms with Gasteiger partial charge in [0.1, 0.15) is 36.6 Å². The molecule has 0 saturated carbocycles. The van der Waals surface area contributed by atoms with E-state index in [1.54, 1.807) is 0 Å². The lowest BCUT2D eigenvalue weighted by molar-refractivity contribution is -0.321. The first-order valence-electron chi connectivity index (χ1n) is 5.89. The topological polar surface area (TPSA) is 149 Å². The van der Waals surface area contributed by atoms with Crippen molar-refractivity contribution in [2.24, 2.45) is 0 Å². The van der Waals surface area contributed by atoms with Crippen molar-refractivity contribution >= 4 is 0 Å². The van der Waals surface area contributed by atoms with Crippen molar-refractivity contribution < 1.29 is 44.8 Å². The molecule has 0 aliphatic carbocycles. The third-order valence-corrected chi connectivity index (χ3v) is 3.22.